The molecule has 27 heavy (non-hydrogen) atoms. The number of aromatic amines is 1. The molecule has 3 rings (SSSR count). The highest BCUT2D eigenvalue weighted by Gasteiger charge is 2.19. The predicted molar refractivity (Wildman–Crippen MR) is 105 cm³/mol. The van der Waals surface area contributed by atoms with E-state index in [-0.39, 0.29) is 5.97 Å². The molecule has 0 saturated carbocycles. The second-order valence-corrected chi connectivity index (χ2v) is 7.16. The van der Waals surface area contributed by atoms with Gasteiger partial charge in [-0.3, -0.25) is 14.6 Å². The van der Waals surface area contributed by atoms with Gasteiger partial charge in [0.2, 0.25) is 0 Å². The Labute approximate surface area is 161 Å². The fourth-order valence-electron chi connectivity index (χ4n) is 3.40. The number of aryl methyl sites for hydroxylation is 2. The van der Waals surface area contributed by atoms with E-state index < -0.39 is 0 Å². The Morgan fingerprint density at radius 2 is 1.89 bits per heavy atom. The highest BCUT2D eigenvalue weighted by Crippen LogP contribution is 2.12. The molecule has 1 aliphatic heterocycles. The van der Waals surface area contributed by atoms with Crippen molar-refractivity contribution in [3.63, 3.8) is 0 Å². The largest absolute Gasteiger partial charge is 0.460 e. The monoisotopic (exact) mass is 370 g/mol. The molecular formula is C21H30N4O2. The zero-order valence-corrected chi connectivity index (χ0v) is 16.4. The van der Waals surface area contributed by atoms with E-state index in [0.717, 1.165) is 68.3 Å². The Kier molecular flexibility index (Phi) is 7.01. The average Bonchev–Trinajstić information content (AvgIpc) is 2.89. The van der Waals surface area contributed by atoms with Crippen LogP contribution in [0.3, 0.4) is 0 Å². The smallest absolute Gasteiger partial charge is 0.320 e. The molecule has 1 aromatic heterocycles. The van der Waals surface area contributed by atoms with Gasteiger partial charge in [-0.05, 0) is 25.5 Å². The number of H-pyrrole nitrogens is 1. The number of hydrogen-bond acceptors (Lipinski definition) is 5. The van der Waals surface area contributed by atoms with Gasteiger partial charge in [0.25, 0.3) is 0 Å². The van der Waals surface area contributed by atoms with E-state index in [9.17, 15) is 4.79 Å². The van der Waals surface area contributed by atoms with Gasteiger partial charge in [-0.25, -0.2) is 4.98 Å². The van der Waals surface area contributed by atoms with E-state index in [4.69, 9.17) is 4.74 Å². The van der Waals surface area contributed by atoms with Crippen molar-refractivity contribution in [3.8, 4) is 0 Å². The second-order valence-electron chi connectivity index (χ2n) is 7.16. The van der Waals surface area contributed by atoms with Gasteiger partial charge in [0.1, 0.15) is 12.4 Å². The van der Waals surface area contributed by atoms with Crippen LogP contribution in [0.5, 0.6) is 0 Å². The van der Waals surface area contributed by atoms with Crippen LogP contribution in [0.4, 0.5) is 0 Å². The molecule has 0 unspecified atom stereocenters. The van der Waals surface area contributed by atoms with Crippen LogP contribution in [0.1, 0.15) is 36.1 Å². The third-order valence-corrected chi connectivity index (χ3v) is 5.02. The quantitative estimate of drug-likeness (QED) is 0.759. The van der Waals surface area contributed by atoms with Crippen molar-refractivity contribution in [2.75, 3.05) is 32.7 Å². The molecule has 2 heterocycles. The van der Waals surface area contributed by atoms with Gasteiger partial charge in [0.05, 0.1) is 12.2 Å². The molecule has 2 aromatic rings. The van der Waals surface area contributed by atoms with E-state index in [1.54, 1.807) is 0 Å². The molecule has 0 atom stereocenters. The molecule has 0 spiro atoms. The van der Waals surface area contributed by atoms with Crippen molar-refractivity contribution in [1.29, 1.82) is 0 Å². The third-order valence-electron chi connectivity index (χ3n) is 5.02. The first-order valence-electron chi connectivity index (χ1n) is 9.82. The van der Waals surface area contributed by atoms with Crippen LogP contribution in [-0.2, 0) is 29.1 Å². The van der Waals surface area contributed by atoms with Crippen LogP contribution in [0, 0.1) is 6.92 Å². The lowest BCUT2D eigenvalue weighted by Crippen LogP contribution is -2.34. The zero-order valence-electron chi connectivity index (χ0n) is 16.4. The highest BCUT2D eigenvalue weighted by atomic mass is 16.5. The number of nitrogens with one attached hydrogen (secondary N) is 1. The van der Waals surface area contributed by atoms with E-state index in [1.807, 2.05) is 30.3 Å². The van der Waals surface area contributed by atoms with Gasteiger partial charge in [-0.2, -0.15) is 0 Å². The fourth-order valence-corrected chi connectivity index (χ4v) is 3.40. The number of rotatable bonds is 7. The van der Waals surface area contributed by atoms with Gasteiger partial charge < -0.3 is 9.72 Å². The minimum atomic E-state index is -0.150. The lowest BCUT2D eigenvalue weighted by Gasteiger charge is -2.20. The number of carbonyl (C=O) groups excluding carboxylic acids is 1. The zero-order chi connectivity index (χ0) is 19.1. The summed E-state index contributed by atoms with van der Waals surface area (Å²) >= 11 is 0. The molecule has 1 saturated heterocycles. The van der Waals surface area contributed by atoms with Gasteiger partial charge in [-0.1, -0.05) is 37.3 Å². The summed E-state index contributed by atoms with van der Waals surface area (Å²) in [6, 6.07) is 9.81. The Morgan fingerprint density at radius 1 is 1.15 bits per heavy atom. The minimum Gasteiger partial charge on any atom is -0.460 e. The molecule has 6 nitrogen and oxygen atoms in total. The van der Waals surface area contributed by atoms with E-state index in [2.05, 4.69) is 33.6 Å². The molecule has 1 aromatic carbocycles. The first-order chi connectivity index (χ1) is 13.1. The molecule has 0 radical (unpaired) electrons. The Bertz CT molecular complexity index is 729. The van der Waals surface area contributed by atoms with Crippen molar-refractivity contribution >= 4 is 5.97 Å². The first kappa shape index (κ1) is 19.6. The molecule has 0 bridgehead atoms. The lowest BCUT2D eigenvalue weighted by atomic mass is 10.2. The van der Waals surface area contributed by atoms with Gasteiger partial charge in [-0.15, -0.1) is 0 Å². The first-order valence-corrected chi connectivity index (χ1v) is 9.82. The minimum absolute atomic E-state index is 0.150. The second kappa shape index (κ2) is 9.67. The highest BCUT2D eigenvalue weighted by molar-refractivity contribution is 5.71. The van der Waals surface area contributed by atoms with Gasteiger partial charge >= 0.3 is 5.97 Å². The van der Waals surface area contributed by atoms with Crippen LogP contribution in [-0.4, -0.2) is 58.5 Å². The maximum Gasteiger partial charge on any atom is 0.320 e. The average molecular weight is 370 g/mol. The summed E-state index contributed by atoms with van der Waals surface area (Å²) in [5.41, 5.74) is 3.33. The maximum absolute atomic E-state index is 12.2. The number of ether oxygens (including phenoxy) is 1. The van der Waals surface area contributed by atoms with Crippen molar-refractivity contribution in [2.45, 2.75) is 39.8 Å². The van der Waals surface area contributed by atoms with Gasteiger partial charge in [0.15, 0.2) is 0 Å². The molecule has 0 amide bonds. The standard InChI is InChI=1S/C21H30N4O2/c1-3-20-22-17(2)19(23-20)14-24-10-7-11-25(13-12-24)15-21(26)27-16-18-8-5-4-6-9-18/h4-6,8-9H,3,7,10-16H2,1-2H3,(H,22,23). The predicted octanol–water partition coefficient (Wildman–Crippen LogP) is 2.53. The van der Waals surface area contributed by atoms with E-state index in [1.165, 1.54) is 0 Å². The fraction of sp³-hybridized carbons (Fsp3) is 0.524. The summed E-state index contributed by atoms with van der Waals surface area (Å²) in [7, 11) is 0. The van der Waals surface area contributed by atoms with E-state index >= 15 is 0 Å². The normalized spacial score (nSPS) is 16.2. The van der Waals surface area contributed by atoms with Crippen molar-refractivity contribution in [3.05, 3.63) is 53.1 Å². The topological polar surface area (TPSA) is 61.5 Å². The number of hydrogen-bond donors (Lipinski definition) is 1. The van der Waals surface area contributed by atoms with Gasteiger partial charge in [0, 0.05) is 38.3 Å². The number of aromatic nitrogens is 2. The molecule has 1 aliphatic rings. The van der Waals surface area contributed by atoms with Crippen molar-refractivity contribution < 1.29 is 9.53 Å². The molecular weight excluding hydrogens is 340 g/mol. The molecule has 146 valence electrons. The van der Waals surface area contributed by atoms with Crippen LogP contribution in [0.25, 0.3) is 0 Å². The van der Waals surface area contributed by atoms with Crippen molar-refractivity contribution in [2.24, 2.45) is 0 Å². The van der Waals surface area contributed by atoms with Crippen LogP contribution in [0.15, 0.2) is 30.3 Å². The molecule has 1 N–H and O–H groups in total. The number of nitrogens with zero attached hydrogens (tertiary/aromatic N) is 3. The Hall–Kier alpha value is -2.18. The summed E-state index contributed by atoms with van der Waals surface area (Å²) in [5.74, 6) is 0.906. The lowest BCUT2D eigenvalue weighted by molar-refractivity contribution is -0.146. The number of imidazole rings is 1. The van der Waals surface area contributed by atoms with Crippen molar-refractivity contribution in [1.82, 2.24) is 19.8 Å². The van der Waals surface area contributed by atoms with Crippen LogP contribution >= 0.6 is 0 Å². The SMILES string of the molecule is CCc1nc(CN2CCCN(CC(=O)OCc3ccccc3)CC2)c(C)[nH]1. The Balaban J connectivity index is 1.43. The molecule has 1 fully saturated rings. The van der Waals surface area contributed by atoms with Crippen LogP contribution in [0.2, 0.25) is 0 Å². The maximum atomic E-state index is 12.2. The molecule has 0 aliphatic carbocycles. The molecule has 6 heteroatoms. The summed E-state index contributed by atoms with van der Waals surface area (Å²) < 4.78 is 5.42. The summed E-state index contributed by atoms with van der Waals surface area (Å²) in [6.45, 7) is 9.57. The summed E-state index contributed by atoms with van der Waals surface area (Å²) in [6.07, 6.45) is 1.98. The third kappa shape index (κ3) is 5.91. The number of carbonyl (C=O) groups is 1. The number of esters is 1. The Morgan fingerprint density at radius 3 is 2.63 bits per heavy atom. The van der Waals surface area contributed by atoms with Crippen LogP contribution < -0.4 is 0 Å². The summed E-state index contributed by atoms with van der Waals surface area (Å²) in [5, 5.41) is 0. The summed E-state index contributed by atoms with van der Waals surface area (Å²) in [4.78, 5) is 24.8. The number of benzene rings is 1. The van der Waals surface area contributed by atoms with E-state index in [0.29, 0.717) is 13.2 Å².